The van der Waals surface area contributed by atoms with Crippen LogP contribution in [0, 0.1) is 5.92 Å². The van der Waals surface area contributed by atoms with Gasteiger partial charge in [0.05, 0.1) is 5.92 Å². The van der Waals surface area contributed by atoms with Crippen LogP contribution in [0.3, 0.4) is 0 Å². The molecule has 0 aromatic carbocycles. The van der Waals surface area contributed by atoms with Gasteiger partial charge >= 0.3 is 21.7 Å². The molecule has 0 rings (SSSR count). The zero-order valence-corrected chi connectivity index (χ0v) is 9.00. The molecule has 102 valence electrons. The van der Waals surface area contributed by atoms with E-state index in [1.807, 2.05) is 0 Å². The smallest absolute Gasteiger partial charge is 0.274 e. The molecule has 1 atom stereocenters. The van der Waals surface area contributed by atoms with Crippen LogP contribution in [0.25, 0.3) is 0 Å². The van der Waals surface area contributed by atoms with Crippen LogP contribution in [-0.2, 0) is 14.8 Å². The van der Waals surface area contributed by atoms with E-state index in [-0.39, 0.29) is 0 Å². The topological polar surface area (TPSA) is 63.2 Å². The zero-order valence-electron chi connectivity index (χ0n) is 8.19. The Morgan fingerprint density at radius 2 is 1.59 bits per heavy atom. The second-order valence-corrected chi connectivity index (χ2v) is 4.80. The van der Waals surface area contributed by atoms with Crippen molar-refractivity contribution < 1.29 is 39.6 Å². The number of hydrogen-bond donors (Lipinski definition) is 1. The second kappa shape index (κ2) is 4.70. The van der Waals surface area contributed by atoms with Crippen LogP contribution in [0.5, 0.6) is 0 Å². The van der Waals surface area contributed by atoms with Gasteiger partial charge in [-0.1, -0.05) is 6.92 Å². The monoisotopic (exact) mass is 287 g/mol. The molecule has 0 heterocycles. The summed E-state index contributed by atoms with van der Waals surface area (Å²) in [6, 6.07) is 0. The molecule has 1 unspecified atom stereocenters. The molecular formula is C6H7F6NO3S. The van der Waals surface area contributed by atoms with Gasteiger partial charge in [-0.2, -0.15) is 34.8 Å². The number of nitrogens with one attached hydrogen (secondary N) is 1. The van der Waals surface area contributed by atoms with E-state index in [1.165, 1.54) is 0 Å². The van der Waals surface area contributed by atoms with E-state index < -0.39 is 40.0 Å². The highest BCUT2D eigenvalue weighted by molar-refractivity contribution is 7.90. The predicted molar refractivity (Wildman–Crippen MR) is 43.0 cm³/mol. The average molecular weight is 287 g/mol. The Balaban J connectivity index is 4.61. The average Bonchev–Trinajstić information content (AvgIpc) is 1.97. The third kappa shape index (κ3) is 4.79. The summed E-state index contributed by atoms with van der Waals surface area (Å²) in [5.74, 6) is -4.11. The van der Waals surface area contributed by atoms with Gasteiger partial charge in [-0.15, -0.1) is 0 Å². The minimum atomic E-state index is -5.95. The lowest BCUT2D eigenvalue weighted by Gasteiger charge is -2.15. The fourth-order valence-electron chi connectivity index (χ4n) is 0.643. The van der Waals surface area contributed by atoms with Crippen LogP contribution >= 0.6 is 0 Å². The fourth-order valence-corrected chi connectivity index (χ4v) is 1.14. The van der Waals surface area contributed by atoms with Crippen LogP contribution in [0.2, 0.25) is 0 Å². The number of carbonyl (C=O) groups excluding carboxylic acids is 1. The van der Waals surface area contributed by atoms with Gasteiger partial charge < -0.3 is 0 Å². The maximum atomic E-state index is 11.9. The van der Waals surface area contributed by atoms with Crippen molar-refractivity contribution in [3.8, 4) is 0 Å². The van der Waals surface area contributed by atoms with Crippen LogP contribution in [0.15, 0.2) is 0 Å². The lowest BCUT2D eigenvalue weighted by atomic mass is 10.1. The summed E-state index contributed by atoms with van der Waals surface area (Å²) in [5, 5.41) is 0. The molecule has 0 saturated carbocycles. The van der Waals surface area contributed by atoms with Crippen LogP contribution in [0.1, 0.15) is 13.3 Å². The highest BCUT2D eigenvalue weighted by Crippen LogP contribution is 2.28. The first-order valence-electron chi connectivity index (χ1n) is 3.96. The van der Waals surface area contributed by atoms with Crippen LogP contribution < -0.4 is 4.72 Å². The van der Waals surface area contributed by atoms with Gasteiger partial charge in [-0.05, 0) is 0 Å². The molecule has 1 N–H and O–H groups in total. The van der Waals surface area contributed by atoms with Gasteiger partial charge in [-0.3, -0.25) is 4.79 Å². The third-order valence-corrected chi connectivity index (χ3v) is 2.71. The Hall–Kier alpha value is -1.00. The lowest BCUT2D eigenvalue weighted by Crippen LogP contribution is -2.41. The largest absolute Gasteiger partial charge is 0.516 e. The van der Waals surface area contributed by atoms with E-state index in [2.05, 4.69) is 0 Å². The molecule has 0 fully saturated rings. The molecule has 0 aromatic rings. The highest BCUT2D eigenvalue weighted by atomic mass is 32.2. The van der Waals surface area contributed by atoms with Crippen molar-refractivity contribution in [2.24, 2.45) is 5.92 Å². The summed E-state index contributed by atoms with van der Waals surface area (Å²) in [6.45, 7) is 0.541. The first kappa shape index (κ1) is 16.0. The Morgan fingerprint density at radius 1 is 1.18 bits per heavy atom. The molecule has 0 aromatic heterocycles. The first-order chi connectivity index (χ1) is 7.27. The lowest BCUT2D eigenvalue weighted by molar-refractivity contribution is -0.173. The van der Waals surface area contributed by atoms with Crippen molar-refractivity contribution in [1.82, 2.24) is 4.72 Å². The highest BCUT2D eigenvalue weighted by Gasteiger charge is 2.47. The minimum absolute atomic E-state index is 0.508. The third-order valence-electron chi connectivity index (χ3n) is 1.60. The maximum Gasteiger partial charge on any atom is 0.516 e. The summed E-state index contributed by atoms with van der Waals surface area (Å²) >= 11 is 0. The standard InChI is InChI=1S/C6H7F6NO3S/c1-3(5(7,8)9)2-4(14)13-17(15,16)6(10,11)12/h3H,2H2,1H3,(H,13,14). The Bertz CT molecular complexity index is 384. The molecule has 1 amide bonds. The van der Waals surface area contributed by atoms with E-state index in [4.69, 9.17) is 0 Å². The molecule has 11 heteroatoms. The predicted octanol–water partition coefficient (Wildman–Crippen LogP) is 1.54. The first-order valence-corrected chi connectivity index (χ1v) is 5.44. The van der Waals surface area contributed by atoms with Gasteiger partial charge in [0.25, 0.3) is 0 Å². The van der Waals surface area contributed by atoms with Crippen molar-refractivity contribution >= 4 is 15.9 Å². The maximum absolute atomic E-state index is 11.9. The molecule has 0 radical (unpaired) electrons. The number of sulfonamides is 1. The summed E-state index contributed by atoms with van der Waals surface area (Å²) in [5.41, 5.74) is -5.75. The summed E-state index contributed by atoms with van der Waals surface area (Å²) in [7, 11) is -5.95. The minimum Gasteiger partial charge on any atom is -0.274 e. The molecule has 0 aliphatic heterocycles. The van der Waals surface area contributed by atoms with Crippen molar-refractivity contribution in [2.75, 3.05) is 0 Å². The Morgan fingerprint density at radius 3 is 1.88 bits per heavy atom. The second-order valence-electron chi connectivity index (χ2n) is 3.12. The normalized spacial score (nSPS) is 15.5. The van der Waals surface area contributed by atoms with Gasteiger partial charge in [-0.25, -0.2) is 4.72 Å². The Kier molecular flexibility index (Phi) is 4.43. The number of amides is 1. The zero-order chi connectivity index (χ0) is 14.1. The molecule has 4 nitrogen and oxygen atoms in total. The van der Waals surface area contributed by atoms with E-state index >= 15 is 0 Å². The van der Waals surface area contributed by atoms with Gasteiger partial charge in [0, 0.05) is 6.42 Å². The molecule has 0 aliphatic carbocycles. The number of alkyl halides is 6. The van der Waals surface area contributed by atoms with Crippen molar-refractivity contribution in [3.05, 3.63) is 0 Å². The van der Waals surface area contributed by atoms with E-state index in [1.54, 1.807) is 0 Å². The molecular weight excluding hydrogens is 280 g/mol. The summed E-state index contributed by atoms with van der Waals surface area (Å²) in [4.78, 5) is 10.7. The molecule has 0 saturated heterocycles. The fraction of sp³-hybridized carbons (Fsp3) is 0.833. The van der Waals surface area contributed by atoms with E-state index in [0.717, 1.165) is 0 Å². The van der Waals surface area contributed by atoms with Crippen molar-refractivity contribution in [1.29, 1.82) is 0 Å². The molecule has 0 bridgehead atoms. The molecule has 17 heavy (non-hydrogen) atoms. The van der Waals surface area contributed by atoms with Gasteiger partial charge in [0.1, 0.15) is 0 Å². The van der Waals surface area contributed by atoms with Crippen LogP contribution in [0.4, 0.5) is 26.3 Å². The SMILES string of the molecule is CC(CC(=O)NS(=O)(=O)C(F)(F)F)C(F)(F)F. The number of hydrogen-bond acceptors (Lipinski definition) is 3. The summed E-state index contributed by atoms with van der Waals surface area (Å²) < 4.78 is 92.2. The van der Waals surface area contributed by atoms with Gasteiger partial charge in [0.2, 0.25) is 5.91 Å². The van der Waals surface area contributed by atoms with Crippen LogP contribution in [-0.4, -0.2) is 26.0 Å². The number of rotatable bonds is 3. The molecule has 0 aliphatic rings. The molecule has 0 spiro atoms. The van der Waals surface area contributed by atoms with Gasteiger partial charge in [0.15, 0.2) is 0 Å². The summed E-state index contributed by atoms with van der Waals surface area (Å²) in [6.07, 6.45) is -6.20. The quantitative estimate of drug-likeness (QED) is 0.801. The van der Waals surface area contributed by atoms with Crippen molar-refractivity contribution in [3.63, 3.8) is 0 Å². The van der Waals surface area contributed by atoms with E-state index in [0.29, 0.717) is 11.6 Å². The number of halogens is 6. The van der Waals surface area contributed by atoms with E-state index in [9.17, 15) is 39.6 Å². The number of carbonyl (C=O) groups is 1. The van der Waals surface area contributed by atoms with Crippen molar-refractivity contribution in [2.45, 2.75) is 25.0 Å². The Labute approximate surface area is 92.0 Å².